The normalized spacial score (nSPS) is 14.3. The Labute approximate surface area is 88.6 Å². The van der Waals surface area contributed by atoms with Crippen molar-refractivity contribution in [1.29, 1.82) is 0 Å². The highest BCUT2D eigenvalue weighted by Crippen LogP contribution is 2.12. The first-order valence-corrected chi connectivity index (χ1v) is 4.72. The van der Waals surface area contributed by atoms with Crippen LogP contribution in [0.5, 0.6) is 0 Å². The summed E-state index contributed by atoms with van der Waals surface area (Å²) in [5.74, 6) is 0. The molecule has 15 heavy (non-hydrogen) atoms. The second kappa shape index (κ2) is 4.79. The third kappa shape index (κ3) is 3.59. The minimum atomic E-state index is -1.12. The lowest BCUT2D eigenvalue weighted by atomic mass is 9.94. The molecule has 0 saturated carbocycles. The maximum atomic E-state index is 10.5. The smallest absolute Gasteiger partial charge is 0.405 e. The Morgan fingerprint density at radius 1 is 1.40 bits per heavy atom. The van der Waals surface area contributed by atoms with Gasteiger partial charge in [0.25, 0.3) is 0 Å². The quantitative estimate of drug-likeness (QED) is 0.699. The van der Waals surface area contributed by atoms with E-state index in [9.17, 15) is 4.79 Å². The maximum absolute atomic E-state index is 10.5. The van der Waals surface area contributed by atoms with Crippen molar-refractivity contribution in [3.05, 3.63) is 35.9 Å². The molecule has 0 aliphatic rings. The Hall–Kier alpha value is -1.55. The molecule has 0 aliphatic heterocycles. The number of nitrogens with one attached hydrogen (secondary N) is 1. The van der Waals surface area contributed by atoms with E-state index >= 15 is 0 Å². The van der Waals surface area contributed by atoms with Crippen molar-refractivity contribution in [2.24, 2.45) is 0 Å². The third-order valence-corrected chi connectivity index (χ3v) is 2.19. The molecule has 1 atom stereocenters. The molecule has 1 aromatic carbocycles. The molecule has 82 valence electrons. The van der Waals surface area contributed by atoms with Crippen LogP contribution in [0.4, 0.5) is 4.79 Å². The first-order chi connectivity index (χ1) is 7.06. The molecule has 1 aromatic rings. The van der Waals surface area contributed by atoms with Gasteiger partial charge in [0.15, 0.2) is 0 Å². The van der Waals surface area contributed by atoms with Crippen molar-refractivity contribution in [2.45, 2.75) is 18.9 Å². The van der Waals surface area contributed by atoms with E-state index in [-0.39, 0.29) is 6.61 Å². The molecule has 0 fully saturated rings. The molecule has 4 nitrogen and oxygen atoms in total. The molecule has 0 spiro atoms. The predicted octanol–water partition coefficient (Wildman–Crippen LogP) is 1.25. The van der Waals surface area contributed by atoms with Crippen LogP contribution in [0.15, 0.2) is 30.3 Å². The van der Waals surface area contributed by atoms with Gasteiger partial charge < -0.3 is 15.5 Å². The van der Waals surface area contributed by atoms with Gasteiger partial charge in [-0.2, -0.15) is 0 Å². The summed E-state index contributed by atoms with van der Waals surface area (Å²) < 4.78 is 0. The van der Waals surface area contributed by atoms with E-state index in [4.69, 9.17) is 10.2 Å². The number of hydrogen-bond donors (Lipinski definition) is 3. The summed E-state index contributed by atoms with van der Waals surface area (Å²) in [7, 11) is 0. The molecular weight excluding hydrogens is 194 g/mol. The van der Waals surface area contributed by atoms with Gasteiger partial charge in [0.2, 0.25) is 0 Å². The summed E-state index contributed by atoms with van der Waals surface area (Å²) in [4.78, 5) is 10.5. The van der Waals surface area contributed by atoms with Gasteiger partial charge in [0.05, 0.1) is 12.1 Å². The van der Waals surface area contributed by atoms with E-state index in [2.05, 4.69) is 5.32 Å². The lowest BCUT2D eigenvalue weighted by Crippen LogP contribution is -2.50. The molecule has 0 aliphatic carbocycles. The van der Waals surface area contributed by atoms with Crippen LogP contribution in [-0.2, 0) is 6.42 Å². The second-order valence-electron chi connectivity index (χ2n) is 3.81. The van der Waals surface area contributed by atoms with Crippen molar-refractivity contribution >= 4 is 6.09 Å². The van der Waals surface area contributed by atoms with Crippen molar-refractivity contribution in [3.8, 4) is 0 Å². The zero-order valence-corrected chi connectivity index (χ0v) is 8.60. The third-order valence-electron chi connectivity index (χ3n) is 2.19. The van der Waals surface area contributed by atoms with E-state index in [1.807, 2.05) is 30.3 Å². The van der Waals surface area contributed by atoms with Crippen LogP contribution in [0, 0.1) is 0 Å². The fourth-order valence-electron chi connectivity index (χ4n) is 1.44. The minimum absolute atomic E-state index is 0.228. The number of hydrogen-bond acceptors (Lipinski definition) is 2. The second-order valence-corrected chi connectivity index (χ2v) is 3.81. The van der Waals surface area contributed by atoms with Crippen LogP contribution in [0.3, 0.4) is 0 Å². The topological polar surface area (TPSA) is 69.6 Å². The molecule has 0 heterocycles. The predicted molar refractivity (Wildman–Crippen MR) is 56.8 cm³/mol. The van der Waals surface area contributed by atoms with Crippen LogP contribution in [0.1, 0.15) is 12.5 Å². The standard InChI is InChI=1S/C11H15NO3/c1-11(8-13,12-10(14)15)7-9-5-3-2-4-6-9/h2-6,12-13H,7-8H2,1H3,(H,14,15)/t11-/m1/s1. The van der Waals surface area contributed by atoms with Crippen LogP contribution in [-0.4, -0.2) is 28.5 Å². The van der Waals surface area contributed by atoms with Crippen LogP contribution in [0.2, 0.25) is 0 Å². The number of aliphatic hydroxyl groups excluding tert-OH is 1. The van der Waals surface area contributed by atoms with E-state index in [0.717, 1.165) is 5.56 Å². The lowest BCUT2D eigenvalue weighted by molar-refractivity contribution is 0.146. The van der Waals surface area contributed by atoms with E-state index < -0.39 is 11.6 Å². The number of amides is 1. The van der Waals surface area contributed by atoms with Gasteiger partial charge in [0, 0.05) is 0 Å². The Kier molecular flexibility index (Phi) is 3.68. The zero-order valence-electron chi connectivity index (χ0n) is 8.60. The number of rotatable bonds is 4. The first-order valence-electron chi connectivity index (χ1n) is 4.72. The number of benzene rings is 1. The molecule has 3 N–H and O–H groups in total. The number of carbonyl (C=O) groups is 1. The fraction of sp³-hybridized carbons (Fsp3) is 0.364. The molecule has 4 heteroatoms. The number of aliphatic hydroxyl groups is 1. The van der Waals surface area contributed by atoms with Gasteiger partial charge >= 0.3 is 6.09 Å². The number of carboxylic acid groups (broad SMARTS) is 1. The van der Waals surface area contributed by atoms with E-state index in [1.165, 1.54) is 0 Å². The first kappa shape index (κ1) is 11.5. The zero-order chi connectivity index (χ0) is 11.3. The summed E-state index contributed by atoms with van der Waals surface area (Å²) in [6, 6.07) is 9.46. The SMILES string of the molecule is C[C@](CO)(Cc1ccccc1)NC(=O)O. The van der Waals surface area contributed by atoms with Gasteiger partial charge in [-0.25, -0.2) is 4.79 Å². The largest absolute Gasteiger partial charge is 0.465 e. The Morgan fingerprint density at radius 3 is 2.47 bits per heavy atom. The van der Waals surface area contributed by atoms with Gasteiger partial charge in [-0.1, -0.05) is 30.3 Å². The Bertz CT molecular complexity index is 326. The van der Waals surface area contributed by atoms with Crippen LogP contribution < -0.4 is 5.32 Å². The van der Waals surface area contributed by atoms with Crippen molar-refractivity contribution in [3.63, 3.8) is 0 Å². The highest BCUT2D eigenvalue weighted by atomic mass is 16.4. The summed E-state index contributed by atoms with van der Waals surface area (Å²) >= 11 is 0. The van der Waals surface area contributed by atoms with Crippen molar-refractivity contribution in [1.82, 2.24) is 5.32 Å². The Balaban J connectivity index is 2.72. The summed E-state index contributed by atoms with van der Waals surface area (Å²) in [5, 5.41) is 20.1. The highest BCUT2D eigenvalue weighted by Gasteiger charge is 2.25. The Morgan fingerprint density at radius 2 is 2.00 bits per heavy atom. The average Bonchev–Trinajstić information content (AvgIpc) is 2.18. The molecule has 0 unspecified atom stereocenters. The molecule has 0 bridgehead atoms. The monoisotopic (exact) mass is 209 g/mol. The maximum Gasteiger partial charge on any atom is 0.405 e. The average molecular weight is 209 g/mol. The van der Waals surface area contributed by atoms with Gasteiger partial charge in [-0.05, 0) is 18.9 Å². The van der Waals surface area contributed by atoms with Gasteiger partial charge in [0.1, 0.15) is 0 Å². The van der Waals surface area contributed by atoms with E-state index in [1.54, 1.807) is 6.92 Å². The van der Waals surface area contributed by atoms with Crippen LogP contribution >= 0.6 is 0 Å². The molecule has 0 saturated heterocycles. The molecule has 0 aromatic heterocycles. The lowest BCUT2D eigenvalue weighted by Gasteiger charge is -2.27. The molecule has 1 amide bonds. The molecule has 0 radical (unpaired) electrons. The summed E-state index contributed by atoms with van der Waals surface area (Å²) in [6.45, 7) is 1.45. The van der Waals surface area contributed by atoms with Crippen molar-refractivity contribution < 1.29 is 15.0 Å². The van der Waals surface area contributed by atoms with Crippen molar-refractivity contribution in [2.75, 3.05) is 6.61 Å². The van der Waals surface area contributed by atoms with E-state index in [0.29, 0.717) is 6.42 Å². The highest BCUT2D eigenvalue weighted by molar-refractivity contribution is 5.65. The van der Waals surface area contributed by atoms with Gasteiger partial charge in [-0.3, -0.25) is 0 Å². The molecule has 1 rings (SSSR count). The summed E-state index contributed by atoms with van der Waals surface area (Å²) in [6.07, 6.45) is -0.654. The minimum Gasteiger partial charge on any atom is -0.465 e. The van der Waals surface area contributed by atoms with Crippen LogP contribution in [0.25, 0.3) is 0 Å². The van der Waals surface area contributed by atoms with Gasteiger partial charge in [-0.15, -0.1) is 0 Å². The summed E-state index contributed by atoms with van der Waals surface area (Å²) in [5.41, 5.74) is 0.163. The fourth-order valence-corrected chi connectivity index (χ4v) is 1.44. The molecular formula is C11H15NO3.